The lowest BCUT2D eigenvalue weighted by Crippen LogP contribution is -2.44. The molecule has 1 atom stereocenters. The Hall–Kier alpha value is -1.77. The number of anilines is 1. The van der Waals surface area contributed by atoms with Crippen molar-refractivity contribution in [1.82, 2.24) is 0 Å². The molecule has 1 aromatic carbocycles. The second-order valence-electron chi connectivity index (χ2n) is 5.62. The van der Waals surface area contributed by atoms with Crippen molar-refractivity contribution >= 4 is 11.4 Å². The molecule has 1 aliphatic heterocycles. The zero-order valence-electron chi connectivity index (χ0n) is 11.8. The van der Waals surface area contributed by atoms with Gasteiger partial charge in [0.1, 0.15) is 0 Å². The summed E-state index contributed by atoms with van der Waals surface area (Å²) in [6.45, 7) is 1.06. The molecule has 0 spiro atoms. The number of allylic oxidation sites excluding steroid dienone is 2. The van der Waals surface area contributed by atoms with Gasteiger partial charge in [0, 0.05) is 12.2 Å². The van der Waals surface area contributed by atoms with Gasteiger partial charge in [0.2, 0.25) is 0 Å². The van der Waals surface area contributed by atoms with Crippen LogP contribution in [-0.2, 0) is 6.42 Å². The standard InChI is InChI=1S/C17H22N2O/c20-18-15-10-3-1-2-4-12-17(15)19-13-7-9-14-8-5-6-11-16(14)19/h1-2,5-6,8,11,17,20H,3-4,7,9-10,12-13H2. The number of nitrogens with zero attached hydrogens (tertiary/aromatic N) is 2. The van der Waals surface area contributed by atoms with Gasteiger partial charge >= 0.3 is 0 Å². The first-order valence-corrected chi connectivity index (χ1v) is 7.60. The van der Waals surface area contributed by atoms with E-state index >= 15 is 0 Å². The van der Waals surface area contributed by atoms with Gasteiger partial charge in [0.05, 0.1) is 11.8 Å². The number of aryl methyl sites for hydroxylation is 1. The van der Waals surface area contributed by atoms with Crippen molar-refractivity contribution in [2.24, 2.45) is 5.16 Å². The Morgan fingerprint density at radius 1 is 1.10 bits per heavy atom. The first-order valence-electron chi connectivity index (χ1n) is 7.60. The van der Waals surface area contributed by atoms with Gasteiger partial charge < -0.3 is 10.1 Å². The Labute approximate surface area is 120 Å². The average Bonchev–Trinajstić information content (AvgIpc) is 2.47. The molecule has 0 aromatic heterocycles. The van der Waals surface area contributed by atoms with Crippen LogP contribution in [0, 0.1) is 0 Å². The first kappa shape index (κ1) is 13.2. The van der Waals surface area contributed by atoms with Gasteiger partial charge in [-0.3, -0.25) is 0 Å². The van der Waals surface area contributed by atoms with E-state index in [9.17, 15) is 5.21 Å². The Bertz CT molecular complexity index is 521. The topological polar surface area (TPSA) is 35.8 Å². The minimum atomic E-state index is 0.242. The molecule has 0 saturated heterocycles. The molecule has 1 aromatic rings. The van der Waals surface area contributed by atoms with Crippen LogP contribution in [0.4, 0.5) is 5.69 Å². The lowest BCUT2D eigenvalue weighted by Gasteiger charge is -2.38. The maximum atomic E-state index is 9.39. The van der Waals surface area contributed by atoms with E-state index in [-0.39, 0.29) is 6.04 Å². The van der Waals surface area contributed by atoms with Crippen molar-refractivity contribution in [3.05, 3.63) is 42.0 Å². The molecular weight excluding hydrogens is 248 g/mol. The quantitative estimate of drug-likeness (QED) is 0.479. The summed E-state index contributed by atoms with van der Waals surface area (Å²) in [7, 11) is 0. The van der Waals surface area contributed by atoms with Gasteiger partial charge in [-0.2, -0.15) is 0 Å². The number of para-hydroxylation sites is 1. The molecule has 3 nitrogen and oxygen atoms in total. The summed E-state index contributed by atoms with van der Waals surface area (Å²) >= 11 is 0. The van der Waals surface area contributed by atoms with Crippen molar-refractivity contribution in [2.75, 3.05) is 11.4 Å². The smallest absolute Gasteiger partial charge is 0.0798 e. The minimum Gasteiger partial charge on any atom is -0.411 e. The Balaban J connectivity index is 1.92. The van der Waals surface area contributed by atoms with Crippen molar-refractivity contribution in [3.8, 4) is 0 Å². The number of rotatable bonds is 1. The molecule has 0 radical (unpaired) electrons. The fourth-order valence-electron chi connectivity index (χ4n) is 3.39. The SMILES string of the molecule is ON=C1CCC=CCCC1N1CCCc2ccccc21. The maximum absolute atomic E-state index is 9.39. The van der Waals surface area contributed by atoms with E-state index in [1.807, 2.05) is 0 Å². The average molecular weight is 270 g/mol. The second-order valence-corrected chi connectivity index (χ2v) is 5.62. The third-order valence-electron chi connectivity index (χ3n) is 4.38. The number of hydrogen-bond acceptors (Lipinski definition) is 3. The lowest BCUT2D eigenvalue weighted by molar-refractivity contribution is 0.314. The molecule has 2 aliphatic rings. The van der Waals surface area contributed by atoms with Crippen LogP contribution in [0.1, 0.15) is 37.7 Å². The second kappa shape index (κ2) is 6.12. The summed E-state index contributed by atoms with van der Waals surface area (Å²) in [5, 5.41) is 13.0. The summed E-state index contributed by atoms with van der Waals surface area (Å²) in [5.41, 5.74) is 3.69. The van der Waals surface area contributed by atoms with E-state index in [0.29, 0.717) is 0 Å². The van der Waals surface area contributed by atoms with Gasteiger partial charge in [-0.05, 0) is 50.2 Å². The normalized spacial score (nSPS) is 25.1. The molecule has 0 saturated carbocycles. The molecular formula is C17H22N2O. The van der Waals surface area contributed by atoms with E-state index in [1.165, 1.54) is 17.7 Å². The third-order valence-corrected chi connectivity index (χ3v) is 4.38. The highest BCUT2D eigenvalue weighted by atomic mass is 16.4. The molecule has 1 unspecified atom stereocenters. The predicted molar refractivity (Wildman–Crippen MR) is 82.7 cm³/mol. The predicted octanol–water partition coefficient (Wildman–Crippen LogP) is 3.77. The number of benzene rings is 1. The maximum Gasteiger partial charge on any atom is 0.0798 e. The summed E-state index contributed by atoms with van der Waals surface area (Å²) in [4.78, 5) is 2.45. The van der Waals surface area contributed by atoms with E-state index in [2.05, 4.69) is 46.5 Å². The highest BCUT2D eigenvalue weighted by molar-refractivity contribution is 5.92. The van der Waals surface area contributed by atoms with Crippen LogP contribution < -0.4 is 4.90 Å². The molecule has 20 heavy (non-hydrogen) atoms. The molecule has 1 aliphatic carbocycles. The van der Waals surface area contributed by atoms with Gasteiger partial charge in [-0.1, -0.05) is 35.5 Å². The van der Waals surface area contributed by atoms with Gasteiger partial charge in [-0.25, -0.2) is 0 Å². The number of oxime groups is 1. The third kappa shape index (κ3) is 2.58. The van der Waals surface area contributed by atoms with Crippen molar-refractivity contribution in [1.29, 1.82) is 0 Å². The Kier molecular flexibility index (Phi) is 4.05. The molecule has 0 fully saturated rings. The zero-order chi connectivity index (χ0) is 13.8. The van der Waals surface area contributed by atoms with Crippen molar-refractivity contribution in [3.63, 3.8) is 0 Å². The molecule has 3 heteroatoms. The van der Waals surface area contributed by atoms with Crippen molar-refractivity contribution in [2.45, 2.75) is 44.6 Å². The summed E-state index contributed by atoms with van der Waals surface area (Å²) in [6, 6.07) is 8.89. The molecule has 0 bridgehead atoms. The Morgan fingerprint density at radius 2 is 1.95 bits per heavy atom. The van der Waals surface area contributed by atoms with Gasteiger partial charge in [-0.15, -0.1) is 0 Å². The highest BCUT2D eigenvalue weighted by Gasteiger charge is 2.27. The monoisotopic (exact) mass is 270 g/mol. The summed E-state index contributed by atoms with van der Waals surface area (Å²) in [5.74, 6) is 0. The van der Waals surface area contributed by atoms with Crippen LogP contribution in [0.15, 0.2) is 41.6 Å². The molecule has 0 amide bonds. The van der Waals surface area contributed by atoms with Crippen LogP contribution in [0.25, 0.3) is 0 Å². The van der Waals surface area contributed by atoms with Gasteiger partial charge in [0.15, 0.2) is 0 Å². The zero-order valence-corrected chi connectivity index (χ0v) is 11.8. The van der Waals surface area contributed by atoms with E-state index in [1.54, 1.807) is 0 Å². The first-order chi connectivity index (χ1) is 9.90. The number of hydrogen-bond donors (Lipinski definition) is 1. The van der Waals surface area contributed by atoms with Crippen LogP contribution in [-0.4, -0.2) is 23.5 Å². The fourth-order valence-corrected chi connectivity index (χ4v) is 3.39. The summed E-state index contributed by atoms with van der Waals surface area (Å²) in [6.07, 6.45) is 10.7. The van der Waals surface area contributed by atoms with E-state index in [4.69, 9.17) is 0 Å². The number of fused-ring (bicyclic) bond motifs is 1. The van der Waals surface area contributed by atoms with Crippen LogP contribution in [0.3, 0.4) is 0 Å². The fraction of sp³-hybridized carbons (Fsp3) is 0.471. The van der Waals surface area contributed by atoms with E-state index < -0.39 is 0 Å². The van der Waals surface area contributed by atoms with Crippen molar-refractivity contribution < 1.29 is 5.21 Å². The molecule has 1 heterocycles. The lowest BCUT2D eigenvalue weighted by atomic mass is 9.93. The highest BCUT2D eigenvalue weighted by Crippen LogP contribution is 2.31. The largest absolute Gasteiger partial charge is 0.411 e. The van der Waals surface area contributed by atoms with E-state index in [0.717, 1.165) is 44.4 Å². The minimum absolute atomic E-state index is 0.242. The van der Waals surface area contributed by atoms with Crippen LogP contribution >= 0.6 is 0 Å². The molecule has 1 N–H and O–H groups in total. The molecule has 106 valence electrons. The van der Waals surface area contributed by atoms with Crippen LogP contribution in [0.2, 0.25) is 0 Å². The summed E-state index contributed by atoms with van der Waals surface area (Å²) < 4.78 is 0. The Morgan fingerprint density at radius 3 is 2.85 bits per heavy atom. The van der Waals surface area contributed by atoms with Crippen LogP contribution in [0.5, 0.6) is 0 Å². The molecule has 3 rings (SSSR count). The van der Waals surface area contributed by atoms with Gasteiger partial charge in [0.25, 0.3) is 0 Å².